The number of aromatic nitrogens is 2. The van der Waals surface area contributed by atoms with Gasteiger partial charge in [-0.3, -0.25) is 25.0 Å². The van der Waals surface area contributed by atoms with Crippen LogP contribution in [0.15, 0.2) is 84.9 Å². The molecule has 2 N–H and O–H groups in total. The molecule has 1 heterocycles. The average Bonchev–Trinajstić information content (AvgIpc) is 3.15. The largest absolute Gasteiger partial charge is 0.296 e. The van der Waals surface area contributed by atoms with E-state index in [-0.39, 0.29) is 18.2 Å². The number of fused-ring (bicyclic) bond motifs is 1. The molecule has 0 fully saturated rings. The van der Waals surface area contributed by atoms with Gasteiger partial charge in [-0.1, -0.05) is 48.5 Å². The van der Waals surface area contributed by atoms with Crippen LogP contribution in [-0.4, -0.2) is 21.4 Å². The summed E-state index contributed by atoms with van der Waals surface area (Å²) in [5.74, 6) is 0.165. The van der Waals surface area contributed by atoms with Crippen LogP contribution in [0.3, 0.4) is 0 Å². The maximum atomic E-state index is 12.3. The normalized spacial score (nSPS) is 10.6. The van der Waals surface area contributed by atoms with Gasteiger partial charge in [0.15, 0.2) is 0 Å². The number of nitrogens with one attached hydrogen (secondary N) is 2. The number of carbonyl (C=O) groups excluding carboxylic acids is 2. The van der Waals surface area contributed by atoms with Crippen molar-refractivity contribution in [2.75, 3.05) is 0 Å². The van der Waals surface area contributed by atoms with Gasteiger partial charge in [-0.15, -0.1) is 0 Å². The van der Waals surface area contributed by atoms with Crippen LogP contribution in [0.1, 0.15) is 22.6 Å². The minimum absolute atomic E-state index is 0.200. The number of imidazole rings is 1. The Morgan fingerprint density at radius 3 is 2.21 bits per heavy atom. The summed E-state index contributed by atoms with van der Waals surface area (Å²) in [6, 6.07) is 26.5. The third-order valence-corrected chi connectivity index (χ3v) is 4.57. The SMILES string of the molecule is O=C(CCc1nc2ccccc2n1-c1ccccc1)NNC(=O)c1ccccc1. The van der Waals surface area contributed by atoms with Gasteiger partial charge in [0.2, 0.25) is 5.91 Å². The zero-order valence-electron chi connectivity index (χ0n) is 15.7. The molecule has 0 atom stereocenters. The van der Waals surface area contributed by atoms with Crippen molar-refractivity contribution in [3.63, 3.8) is 0 Å². The lowest BCUT2D eigenvalue weighted by atomic mass is 10.2. The average molecular weight is 384 g/mol. The molecule has 6 nitrogen and oxygen atoms in total. The van der Waals surface area contributed by atoms with Gasteiger partial charge in [0, 0.05) is 24.1 Å². The van der Waals surface area contributed by atoms with Gasteiger partial charge in [0.1, 0.15) is 5.82 Å². The first-order chi connectivity index (χ1) is 14.2. The van der Waals surface area contributed by atoms with E-state index in [9.17, 15) is 9.59 Å². The number of aryl methyl sites for hydroxylation is 1. The molecular weight excluding hydrogens is 364 g/mol. The van der Waals surface area contributed by atoms with Crippen LogP contribution in [0, 0.1) is 0 Å². The lowest BCUT2D eigenvalue weighted by Crippen LogP contribution is -2.41. The molecule has 0 unspecified atom stereocenters. The highest BCUT2D eigenvalue weighted by Gasteiger charge is 2.14. The second-order valence-electron chi connectivity index (χ2n) is 6.56. The van der Waals surface area contributed by atoms with Gasteiger partial charge in [-0.2, -0.15) is 0 Å². The number of hydrogen-bond donors (Lipinski definition) is 2. The fourth-order valence-electron chi connectivity index (χ4n) is 3.18. The van der Waals surface area contributed by atoms with Gasteiger partial charge < -0.3 is 0 Å². The molecule has 144 valence electrons. The Labute approximate surface area is 168 Å². The molecule has 0 aliphatic carbocycles. The first kappa shape index (κ1) is 18.4. The number of hydrogen-bond acceptors (Lipinski definition) is 3. The molecule has 4 aromatic rings. The predicted molar refractivity (Wildman–Crippen MR) is 111 cm³/mol. The maximum Gasteiger partial charge on any atom is 0.269 e. The van der Waals surface area contributed by atoms with Gasteiger partial charge >= 0.3 is 0 Å². The Kier molecular flexibility index (Phi) is 5.33. The fourth-order valence-corrected chi connectivity index (χ4v) is 3.18. The third kappa shape index (κ3) is 4.16. The van der Waals surface area contributed by atoms with E-state index in [1.54, 1.807) is 24.3 Å². The standard InChI is InChI=1S/C23H20N4O2/c28-22(25-26-23(29)17-9-3-1-4-10-17)16-15-21-24-19-13-7-8-14-20(19)27(21)18-11-5-2-6-12-18/h1-14H,15-16H2,(H,25,28)(H,26,29). The Balaban J connectivity index is 1.46. The molecule has 0 saturated heterocycles. The molecule has 4 rings (SSSR count). The summed E-state index contributed by atoms with van der Waals surface area (Å²) >= 11 is 0. The topological polar surface area (TPSA) is 76.0 Å². The van der Waals surface area contributed by atoms with E-state index in [0.29, 0.717) is 12.0 Å². The summed E-state index contributed by atoms with van der Waals surface area (Å²) in [6.07, 6.45) is 0.641. The van der Waals surface area contributed by atoms with Crippen LogP contribution in [-0.2, 0) is 11.2 Å². The number of benzene rings is 3. The van der Waals surface area contributed by atoms with Crippen LogP contribution >= 0.6 is 0 Å². The van der Waals surface area contributed by atoms with Crippen molar-refractivity contribution in [3.8, 4) is 5.69 Å². The van der Waals surface area contributed by atoms with Crippen molar-refractivity contribution in [1.29, 1.82) is 0 Å². The first-order valence-electron chi connectivity index (χ1n) is 9.38. The molecule has 0 bridgehead atoms. The minimum atomic E-state index is -0.351. The molecular formula is C23H20N4O2. The van der Waals surface area contributed by atoms with Crippen molar-refractivity contribution in [1.82, 2.24) is 20.4 Å². The van der Waals surface area contributed by atoms with Crippen LogP contribution in [0.2, 0.25) is 0 Å². The van der Waals surface area contributed by atoms with E-state index in [2.05, 4.69) is 15.4 Å². The highest BCUT2D eigenvalue weighted by Crippen LogP contribution is 2.22. The molecule has 0 radical (unpaired) electrons. The van der Waals surface area contributed by atoms with E-state index in [1.807, 2.05) is 60.7 Å². The number of carbonyl (C=O) groups is 2. The van der Waals surface area contributed by atoms with Crippen molar-refractivity contribution < 1.29 is 9.59 Å². The van der Waals surface area contributed by atoms with E-state index < -0.39 is 0 Å². The summed E-state index contributed by atoms with van der Waals surface area (Å²) < 4.78 is 2.06. The fraction of sp³-hybridized carbons (Fsp3) is 0.0870. The van der Waals surface area contributed by atoms with Crippen LogP contribution in [0.4, 0.5) is 0 Å². The smallest absolute Gasteiger partial charge is 0.269 e. The monoisotopic (exact) mass is 384 g/mol. The van der Waals surface area contributed by atoms with Crippen LogP contribution in [0.25, 0.3) is 16.7 Å². The van der Waals surface area contributed by atoms with Gasteiger partial charge in [0.05, 0.1) is 11.0 Å². The quantitative estimate of drug-likeness (QED) is 0.518. The van der Waals surface area contributed by atoms with Crippen LogP contribution in [0.5, 0.6) is 0 Å². The Bertz CT molecular complexity index is 1140. The van der Waals surface area contributed by atoms with Crippen LogP contribution < -0.4 is 10.9 Å². The molecule has 6 heteroatoms. The molecule has 0 saturated carbocycles. The second-order valence-corrected chi connectivity index (χ2v) is 6.56. The Hall–Kier alpha value is -3.93. The van der Waals surface area contributed by atoms with E-state index >= 15 is 0 Å². The lowest BCUT2D eigenvalue weighted by Gasteiger charge is -2.10. The molecule has 29 heavy (non-hydrogen) atoms. The first-order valence-corrected chi connectivity index (χ1v) is 9.38. The zero-order chi connectivity index (χ0) is 20.1. The predicted octanol–water partition coefficient (Wildman–Crippen LogP) is 3.42. The van der Waals surface area contributed by atoms with E-state index in [0.717, 1.165) is 22.5 Å². The number of hydrazine groups is 1. The highest BCUT2D eigenvalue weighted by molar-refractivity contribution is 5.95. The summed E-state index contributed by atoms with van der Waals surface area (Å²) in [7, 11) is 0. The number of rotatable bonds is 5. The molecule has 1 aromatic heterocycles. The Morgan fingerprint density at radius 1 is 0.793 bits per heavy atom. The molecule has 2 amide bonds. The molecule has 0 aliphatic rings. The Morgan fingerprint density at radius 2 is 1.45 bits per heavy atom. The molecule has 0 aliphatic heterocycles. The minimum Gasteiger partial charge on any atom is -0.296 e. The summed E-state index contributed by atoms with van der Waals surface area (Å²) in [4.78, 5) is 29.0. The zero-order valence-corrected chi connectivity index (χ0v) is 15.7. The van der Waals surface area contributed by atoms with E-state index in [4.69, 9.17) is 4.98 Å². The number of para-hydroxylation sites is 3. The van der Waals surface area contributed by atoms with Crippen molar-refractivity contribution in [2.24, 2.45) is 0 Å². The molecule has 3 aromatic carbocycles. The number of amides is 2. The van der Waals surface area contributed by atoms with E-state index in [1.165, 1.54) is 0 Å². The van der Waals surface area contributed by atoms with Crippen molar-refractivity contribution >= 4 is 22.8 Å². The molecule has 0 spiro atoms. The summed E-state index contributed by atoms with van der Waals surface area (Å²) in [6.45, 7) is 0. The third-order valence-electron chi connectivity index (χ3n) is 4.57. The summed E-state index contributed by atoms with van der Waals surface area (Å²) in [5, 5.41) is 0. The van der Waals surface area contributed by atoms with Crippen molar-refractivity contribution in [2.45, 2.75) is 12.8 Å². The second kappa shape index (κ2) is 8.39. The van der Waals surface area contributed by atoms with Gasteiger partial charge in [-0.25, -0.2) is 4.98 Å². The maximum absolute atomic E-state index is 12.3. The van der Waals surface area contributed by atoms with Gasteiger partial charge in [0.25, 0.3) is 5.91 Å². The van der Waals surface area contributed by atoms with Gasteiger partial charge in [-0.05, 0) is 36.4 Å². The number of nitrogens with zero attached hydrogens (tertiary/aromatic N) is 2. The van der Waals surface area contributed by atoms with Crippen molar-refractivity contribution in [3.05, 3.63) is 96.3 Å². The summed E-state index contributed by atoms with van der Waals surface area (Å²) in [5.41, 5.74) is 8.26. The lowest BCUT2D eigenvalue weighted by molar-refractivity contribution is -0.121. The highest BCUT2D eigenvalue weighted by atomic mass is 16.2.